The molecule has 0 aromatic heterocycles. The van der Waals surface area contributed by atoms with E-state index in [-0.39, 0.29) is 109 Å². The number of aryl methyl sites for hydroxylation is 1. The van der Waals surface area contributed by atoms with Gasteiger partial charge in [-0.25, -0.2) is 5.06 Å². The summed E-state index contributed by atoms with van der Waals surface area (Å²) in [4.78, 5) is 28.9. The molecule has 0 aliphatic carbocycles. The average Bonchev–Trinajstić information content (AvgIpc) is 2.57. The van der Waals surface area contributed by atoms with Gasteiger partial charge in [-0.1, -0.05) is 35.3 Å². The molecule has 2 aromatic rings. The Morgan fingerprint density at radius 3 is 2.31 bits per heavy atom. The molecule has 0 atom stereocenters. The van der Waals surface area contributed by atoms with Gasteiger partial charge in [0.25, 0.3) is 5.91 Å². The Morgan fingerprint density at radius 2 is 1.69 bits per heavy atom. The van der Waals surface area contributed by atoms with Gasteiger partial charge in [0.15, 0.2) is 0 Å². The number of nitrogens with zero attached hydrogens (tertiary/aromatic N) is 1. The molecule has 0 aliphatic heterocycles. The molecule has 0 radical (unpaired) electrons. The van der Waals surface area contributed by atoms with Crippen LogP contribution in [0.2, 0.25) is 10.0 Å². The second-order valence-electron chi connectivity index (χ2n) is 5.77. The summed E-state index contributed by atoms with van der Waals surface area (Å²) in [5.74, 6) is 0.107. The van der Waals surface area contributed by atoms with Gasteiger partial charge in [0.05, 0.1) is 10.0 Å². The number of rotatable bonds is 8. The van der Waals surface area contributed by atoms with Crippen LogP contribution in [0.15, 0.2) is 42.5 Å². The number of carbonyl (C=O) groups excluding carboxylic acids is 1. The van der Waals surface area contributed by atoms with Crippen LogP contribution < -0.4 is 4.74 Å². The molecule has 29 heavy (non-hydrogen) atoms. The Hall–Kier alpha value is 1.67. The van der Waals surface area contributed by atoms with Crippen LogP contribution in [0.4, 0.5) is 0 Å². The Morgan fingerprint density at radius 1 is 1.03 bits per heavy atom. The van der Waals surface area contributed by atoms with E-state index in [2.05, 4.69) is 0 Å². The van der Waals surface area contributed by atoms with Crippen molar-refractivity contribution in [3.05, 3.63) is 58.1 Å². The van der Waals surface area contributed by atoms with Gasteiger partial charge in [-0.05, 0) is 42.7 Å². The first-order valence-electron chi connectivity index (χ1n) is 7.90. The summed E-state index contributed by atoms with van der Waals surface area (Å²) in [6.45, 7) is -0.0449. The molecule has 0 fully saturated rings. The van der Waals surface area contributed by atoms with E-state index in [1.54, 1.807) is 30.3 Å². The Balaban J connectivity index is 0.00000392. The SMILES string of the molecule is O=C(CP(=O)(O)O)N(O)CCCc1cccc(Oc2ccc(Cl)c(Cl)c2)c1.[KH].[KH]. The molecular formula is C17H20Cl2K2NO6P. The molecule has 1 amide bonds. The van der Waals surface area contributed by atoms with Crippen molar-refractivity contribution in [3.8, 4) is 11.5 Å². The van der Waals surface area contributed by atoms with Crippen LogP contribution in [-0.4, -0.2) is 141 Å². The van der Waals surface area contributed by atoms with Crippen molar-refractivity contribution < 1.29 is 29.1 Å². The summed E-state index contributed by atoms with van der Waals surface area (Å²) >= 11 is 11.8. The minimum atomic E-state index is -4.50. The monoisotopic (exact) mass is 513 g/mol. The molecule has 3 N–H and O–H groups in total. The summed E-state index contributed by atoms with van der Waals surface area (Å²) in [5.41, 5.74) is 0.906. The molecule has 12 heteroatoms. The van der Waals surface area contributed by atoms with E-state index in [4.69, 9.17) is 37.7 Å². The van der Waals surface area contributed by atoms with Gasteiger partial charge < -0.3 is 14.5 Å². The molecular weight excluding hydrogens is 494 g/mol. The molecule has 0 saturated heterocycles. The molecule has 7 nitrogen and oxygen atoms in total. The zero-order valence-electron chi connectivity index (χ0n) is 14.1. The molecule has 150 valence electrons. The van der Waals surface area contributed by atoms with Crippen LogP contribution in [0.25, 0.3) is 0 Å². The van der Waals surface area contributed by atoms with Gasteiger partial charge in [-0.15, -0.1) is 0 Å². The van der Waals surface area contributed by atoms with Crippen molar-refractivity contribution in [2.45, 2.75) is 12.8 Å². The van der Waals surface area contributed by atoms with Crippen LogP contribution >= 0.6 is 30.8 Å². The molecule has 2 rings (SSSR count). The first kappa shape index (κ1) is 30.7. The van der Waals surface area contributed by atoms with Crippen LogP contribution in [0, 0.1) is 0 Å². The topological polar surface area (TPSA) is 107 Å². The van der Waals surface area contributed by atoms with Crippen molar-refractivity contribution in [3.63, 3.8) is 0 Å². The van der Waals surface area contributed by atoms with Crippen molar-refractivity contribution in [1.29, 1.82) is 0 Å². The molecule has 0 aliphatic rings. The van der Waals surface area contributed by atoms with Crippen LogP contribution in [-0.2, 0) is 15.8 Å². The van der Waals surface area contributed by atoms with E-state index in [1.807, 2.05) is 12.1 Å². The standard InChI is InChI=1S/C17H18Cl2NO6P.2K.2H/c18-15-7-6-14(10-16(15)19)26-13-5-1-3-12(9-13)4-2-8-20(22)17(21)11-27(23,24)25;;;;/h1,3,5-7,9-10,22H,2,4,8,11H2,(H2,23,24,25);;;;. The van der Waals surface area contributed by atoms with Gasteiger partial charge in [-0.2, -0.15) is 0 Å². The maximum absolute atomic E-state index is 11.5. The van der Waals surface area contributed by atoms with E-state index >= 15 is 0 Å². The predicted molar refractivity (Wildman–Crippen MR) is 116 cm³/mol. The van der Waals surface area contributed by atoms with Crippen molar-refractivity contribution in [2.75, 3.05) is 12.7 Å². The number of benzene rings is 2. The minimum absolute atomic E-state index is 0. The molecule has 0 spiro atoms. The van der Waals surface area contributed by atoms with Gasteiger partial charge >= 0.3 is 110 Å². The number of halogens is 2. The van der Waals surface area contributed by atoms with Crippen LogP contribution in [0.3, 0.4) is 0 Å². The summed E-state index contributed by atoms with van der Waals surface area (Å²) in [7, 11) is -4.50. The third kappa shape index (κ3) is 11.9. The van der Waals surface area contributed by atoms with E-state index in [9.17, 15) is 14.6 Å². The van der Waals surface area contributed by atoms with Crippen LogP contribution in [0.5, 0.6) is 11.5 Å². The van der Waals surface area contributed by atoms with Gasteiger partial charge in [-0.3, -0.25) is 14.6 Å². The number of hydrogen-bond donors (Lipinski definition) is 3. The summed E-state index contributed by atoms with van der Waals surface area (Å²) in [6.07, 6.45) is -0.0884. The Labute approximate surface area is 264 Å². The zero-order chi connectivity index (χ0) is 20.0. The van der Waals surface area contributed by atoms with Crippen molar-refractivity contribution in [1.82, 2.24) is 5.06 Å². The number of amides is 1. The summed E-state index contributed by atoms with van der Waals surface area (Å²) < 4.78 is 16.5. The molecule has 2 aromatic carbocycles. The van der Waals surface area contributed by atoms with E-state index in [0.717, 1.165) is 5.56 Å². The second-order valence-corrected chi connectivity index (χ2v) is 8.23. The first-order chi connectivity index (χ1) is 12.6. The fourth-order valence-electron chi connectivity index (χ4n) is 2.26. The molecule has 0 unspecified atom stereocenters. The molecule has 0 saturated carbocycles. The zero-order valence-corrected chi connectivity index (χ0v) is 16.5. The fourth-order valence-corrected chi connectivity index (χ4v) is 3.06. The quantitative estimate of drug-likeness (QED) is 0.217. The number of carbonyl (C=O) groups is 1. The fraction of sp³-hybridized carbons (Fsp3) is 0.235. The first-order valence-corrected chi connectivity index (χ1v) is 10.4. The van der Waals surface area contributed by atoms with Crippen molar-refractivity contribution in [2.24, 2.45) is 0 Å². The maximum atomic E-state index is 11.5. The van der Waals surface area contributed by atoms with Crippen LogP contribution in [0.1, 0.15) is 12.0 Å². The number of hydroxylamine groups is 2. The predicted octanol–water partition coefficient (Wildman–Crippen LogP) is 2.82. The Bertz CT molecular complexity index is 868. The third-order valence-corrected chi connectivity index (χ3v) is 4.91. The van der Waals surface area contributed by atoms with Crippen molar-refractivity contribution >= 4 is 139 Å². The number of hydrogen-bond acceptors (Lipinski definition) is 4. The molecule has 0 bridgehead atoms. The van der Waals surface area contributed by atoms with E-state index in [0.29, 0.717) is 39.4 Å². The van der Waals surface area contributed by atoms with E-state index < -0.39 is 19.7 Å². The summed E-state index contributed by atoms with van der Waals surface area (Å²) in [6, 6.07) is 12.2. The van der Waals surface area contributed by atoms with E-state index in [1.165, 1.54) is 0 Å². The average molecular weight is 514 g/mol. The van der Waals surface area contributed by atoms with Gasteiger partial charge in [0, 0.05) is 12.6 Å². The second kappa shape index (κ2) is 14.7. The summed E-state index contributed by atoms with van der Waals surface area (Å²) in [5, 5.41) is 10.7. The van der Waals surface area contributed by atoms with Gasteiger partial charge in [0.2, 0.25) is 0 Å². The molecule has 0 heterocycles. The number of ether oxygens (including phenoxy) is 1. The third-order valence-electron chi connectivity index (χ3n) is 3.49. The van der Waals surface area contributed by atoms with Gasteiger partial charge in [0.1, 0.15) is 17.7 Å². The Kier molecular flexibility index (Phi) is 15.6. The normalized spacial score (nSPS) is 10.5.